The molecule has 0 aliphatic carbocycles. The number of carbonyl (C=O) groups excluding carboxylic acids is 3. The molecule has 2 amide bonds. The minimum absolute atomic E-state index is 0.00606. The van der Waals surface area contributed by atoms with Gasteiger partial charge < -0.3 is 10.1 Å². The summed E-state index contributed by atoms with van der Waals surface area (Å²) in [6, 6.07) is 12.9. The number of benzene rings is 2. The summed E-state index contributed by atoms with van der Waals surface area (Å²) in [6.07, 6.45) is 0. The first kappa shape index (κ1) is 24.1. The Morgan fingerprint density at radius 2 is 1.77 bits per heavy atom. The van der Waals surface area contributed by atoms with E-state index in [1.54, 1.807) is 26.0 Å². The molecule has 3 aromatic rings. The number of anilines is 1. The molecule has 0 radical (unpaired) electrons. The van der Waals surface area contributed by atoms with Crippen molar-refractivity contribution in [2.24, 2.45) is 0 Å². The summed E-state index contributed by atoms with van der Waals surface area (Å²) in [7, 11) is 0. The van der Waals surface area contributed by atoms with Crippen molar-refractivity contribution in [2.45, 2.75) is 46.3 Å². The Morgan fingerprint density at radius 1 is 1.11 bits per heavy atom. The summed E-state index contributed by atoms with van der Waals surface area (Å²) in [6.45, 7) is 7.53. The van der Waals surface area contributed by atoms with Crippen LogP contribution in [0.4, 0.5) is 10.1 Å². The van der Waals surface area contributed by atoms with Crippen LogP contribution in [0.3, 0.4) is 0 Å². The largest absolute Gasteiger partial charge is 0.461 e. The Bertz CT molecular complexity index is 1280. The van der Waals surface area contributed by atoms with Gasteiger partial charge in [-0.25, -0.2) is 9.18 Å². The minimum Gasteiger partial charge on any atom is -0.461 e. The Balaban J connectivity index is 1.74. The maximum Gasteiger partial charge on any atom is 0.358 e. The van der Waals surface area contributed by atoms with Crippen molar-refractivity contribution in [2.75, 3.05) is 11.5 Å². The molecular formula is C26H27FN4O4. The molecule has 2 aromatic carbocycles. The van der Waals surface area contributed by atoms with Crippen LogP contribution in [0.2, 0.25) is 0 Å². The van der Waals surface area contributed by atoms with Crippen LogP contribution in [-0.2, 0) is 22.6 Å². The number of hydrogen-bond donors (Lipinski definition) is 1. The maximum atomic E-state index is 13.8. The number of amides is 2. The molecule has 1 aliphatic rings. The van der Waals surface area contributed by atoms with Crippen LogP contribution < -0.4 is 10.2 Å². The highest BCUT2D eigenvalue weighted by Crippen LogP contribution is 2.34. The molecule has 1 N–H and O–H groups in total. The van der Waals surface area contributed by atoms with Crippen molar-refractivity contribution < 1.29 is 23.5 Å². The monoisotopic (exact) mass is 478 g/mol. The number of ether oxygens (including phenoxy) is 1. The summed E-state index contributed by atoms with van der Waals surface area (Å²) in [4.78, 5) is 41.1. The second-order valence-electron chi connectivity index (χ2n) is 8.86. The van der Waals surface area contributed by atoms with E-state index in [0.29, 0.717) is 11.3 Å². The number of nitrogens with one attached hydrogen (secondary N) is 1. The number of carbonyl (C=O) groups is 3. The first-order chi connectivity index (χ1) is 16.6. The number of esters is 1. The summed E-state index contributed by atoms with van der Waals surface area (Å²) in [5.41, 5.74) is 2.00. The first-order valence-electron chi connectivity index (χ1n) is 11.3. The zero-order chi connectivity index (χ0) is 25.3. The van der Waals surface area contributed by atoms with Crippen molar-refractivity contribution >= 4 is 23.5 Å². The van der Waals surface area contributed by atoms with Gasteiger partial charge in [0.1, 0.15) is 17.1 Å². The first-order valence-corrected chi connectivity index (χ1v) is 11.3. The molecule has 182 valence electrons. The topological polar surface area (TPSA) is 93.5 Å². The molecule has 0 spiro atoms. The van der Waals surface area contributed by atoms with Gasteiger partial charge in [-0.15, -0.1) is 0 Å². The van der Waals surface area contributed by atoms with E-state index in [0.717, 1.165) is 11.1 Å². The van der Waals surface area contributed by atoms with E-state index in [1.165, 1.54) is 27.8 Å². The predicted octanol–water partition coefficient (Wildman–Crippen LogP) is 3.55. The van der Waals surface area contributed by atoms with E-state index >= 15 is 0 Å². The number of rotatable bonds is 6. The van der Waals surface area contributed by atoms with Crippen LogP contribution in [-0.4, -0.2) is 39.7 Å². The van der Waals surface area contributed by atoms with Gasteiger partial charge in [0.15, 0.2) is 5.69 Å². The number of aryl methyl sites for hydroxylation is 2. The SMILES string of the molecule is CCOC(=O)c1cc2n(n1)C[C@@](C)(C(=O)NCc1ccc(F)cc1)N(c1cc(C)cc(C)c1)C2=O. The lowest BCUT2D eigenvalue weighted by atomic mass is 9.93. The Labute approximate surface area is 202 Å². The van der Waals surface area contributed by atoms with E-state index in [-0.39, 0.29) is 36.9 Å². The second kappa shape index (κ2) is 9.32. The van der Waals surface area contributed by atoms with Crippen LogP contribution in [0, 0.1) is 19.7 Å². The molecule has 1 aromatic heterocycles. The molecule has 9 heteroatoms. The van der Waals surface area contributed by atoms with Crippen LogP contribution in [0.15, 0.2) is 48.5 Å². The van der Waals surface area contributed by atoms with E-state index in [2.05, 4.69) is 10.4 Å². The molecule has 0 bridgehead atoms. The van der Waals surface area contributed by atoms with E-state index < -0.39 is 23.3 Å². The van der Waals surface area contributed by atoms with Crippen molar-refractivity contribution in [1.29, 1.82) is 0 Å². The molecule has 4 rings (SSSR count). The Hall–Kier alpha value is -4.01. The second-order valence-corrected chi connectivity index (χ2v) is 8.86. The van der Waals surface area contributed by atoms with Gasteiger partial charge in [-0.2, -0.15) is 5.10 Å². The number of fused-ring (bicyclic) bond motifs is 1. The van der Waals surface area contributed by atoms with Gasteiger partial charge in [0, 0.05) is 18.3 Å². The number of halogens is 1. The molecule has 1 aliphatic heterocycles. The normalized spacial score (nSPS) is 17.2. The predicted molar refractivity (Wildman–Crippen MR) is 128 cm³/mol. The quantitative estimate of drug-likeness (QED) is 0.547. The third-order valence-corrected chi connectivity index (χ3v) is 5.96. The zero-order valence-corrected chi connectivity index (χ0v) is 20.1. The molecule has 0 unspecified atom stereocenters. The highest BCUT2D eigenvalue weighted by atomic mass is 19.1. The molecule has 2 heterocycles. The van der Waals surface area contributed by atoms with Gasteiger partial charge in [-0.1, -0.05) is 18.2 Å². The molecule has 1 atom stereocenters. The van der Waals surface area contributed by atoms with E-state index in [1.807, 2.05) is 32.0 Å². The third kappa shape index (κ3) is 4.66. The van der Waals surface area contributed by atoms with E-state index in [4.69, 9.17) is 4.74 Å². The summed E-state index contributed by atoms with van der Waals surface area (Å²) < 4.78 is 19.7. The lowest BCUT2D eigenvalue weighted by molar-refractivity contribution is -0.126. The summed E-state index contributed by atoms with van der Waals surface area (Å²) in [5, 5.41) is 7.13. The third-order valence-electron chi connectivity index (χ3n) is 5.96. The number of hydrogen-bond acceptors (Lipinski definition) is 5. The maximum absolute atomic E-state index is 13.8. The minimum atomic E-state index is -1.36. The van der Waals surface area contributed by atoms with Gasteiger partial charge in [0.25, 0.3) is 5.91 Å². The molecule has 8 nitrogen and oxygen atoms in total. The Morgan fingerprint density at radius 3 is 2.40 bits per heavy atom. The zero-order valence-electron chi connectivity index (χ0n) is 20.1. The fraction of sp³-hybridized carbons (Fsp3) is 0.308. The molecule has 0 saturated carbocycles. The number of nitrogens with zero attached hydrogens (tertiary/aromatic N) is 3. The fourth-order valence-electron chi connectivity index (χ4n) is 4.35. The molecule has 35 heavy (non-hydrogen) atoms. The standard InChI is InChI=1S/C26H27FN4O4/c1-5-35-24(33)21-13-22-23(32)31(20-11-16(2)10-17(3)12-20)26(4,15-30(22)29-21)25(34)28-14-18-6-8-19(27)9-7-18/h6-13H,5,14-15H2,1-4H3,(H,28,34)/t26-/m0/s1. The van der Waals surface area contributed by atoms with Gasteiger partial charge >= 0.3 is 5.97 Å². The molecular weight excluding hydrogens is 451 g/mol. The highest BCUT2D eigenvalue weighted by Gasteiger charge is 2.49. The molecule has 0 saturated heterocycles. The van der Waals surface area contributed by atoms with Gasteiger partial charge in [-0.3, -0.25) is 19.2 Å². The van der Waals surface area contributed by atoms with Crippen LogP contribution >= 0.6 is 0 Å². The van der Waals surface area contributed by atoms with Gasteiger partial charge in [0.2, 0.25) is 5.91 Å². The number of aromatic nitrogens is 2. The highest BCUT2D eigenvalue weighted by molar-refractivity contribution is 6.12. The van der Waals surface area contributed by atoms with Crippen molar-refractivity contribution in [3.05, 3.63) is 82.4 Å². The average Bonchev–Trinajstić information content (AvgIpc) is 3.22. The smallest absolute Gasteiger partial charge is 0.358 e. The summed E-state index contributed by atoms with van der Waals surface area (Å²) >= 11 is 0. The lowest BCUT2D eigenvalue weighted by Gasteiger charge is -2.43. The van der Waals surface area contributed by atoms with Crippen LogP contribution in [0.25, 0.3) is 0 Å². The van der Waals surface area contributed by atoms with Gasteiger partial charge in [0.05, 0.1) is 13.2 Å². The van der Waals surface area contributed by atoms with Crippen molar-refractivity contribution in [3.63, 3.8) is 0 Å². The lowest BCUT2D eigenvalue weighted by Crippen LogP contribution is -2.64. The average molecular weight is 479 g/mol. The Kier molecular flexibility index (Phi) is 6.43. The van der Waals surface area contributed by atoms with E-state index in [9.17, 15) is 18.8 Å². The fourth-order valence-corrected chi connectivity index (χ4v) is 4.35. The van der Waals surface area contributed by atoms with Crippen molar-refractivity contribution in [1.82, 2.24) is 15.1 Å². The van der Waals surface area contributed by atoms with Crippen LogP contribution in [0.1, 0.15) is 51.5 Å². The van der Waals surface area contributed by atoms with Crippen molar-refractivity contribution in [3.8, 4) is 0 Å². The van der Waals surface area contributed by atoms with Gasteiger partial charge in [-0.05, 0) is 68.7 Å². The summed E-state index contributed by atoms with van der Waals surface area (Å²) in [5.74, 6) is -1.87. The van der Waals surface area contributed by atoms with Crippen LogP contribution in [0.5, 0.6) is 0 Å². The molecule has 0 fully saturated rings.